The van der Waals surface area contributed by atoms with Gasteiger partial charge in [-0.25, -0.2) is 25.3 Å². The highest BCUT2D eigenvalue weighted by Crippen LogP contribution is 2.45. The van der Waals surface area contributed by atoms with E-state index in [9.17, 15) is 25.3 Å². The molecule has 1 fully saturated rings. The van der Waals surface area contributed by atoms with Crippen molar-refractivity contribution in [2.24, 2.45) is 0 Å². The smallest absolute Gasteiger partial charge is 0.331 e. The molecule has 3 aromatic carbocycles. The molecule has 3 aromatic rings. The quantitative estimate of drug-likeness (QED) is 0.126. The molecule has 18 heteroatoms. The van der Waals surface area contributed by atoms with Crippen LogP contribution in [-0.2, 0) is 39.0 Å². The van der Waals surface area contributed by atoms with Crippen LogP contribution in [0.2, 0.25) is 25.7 Å². The van der Waals surface area contributed by atoms with Crippen LogP contribution in [0.5, 0.6) is 0 Å². The van der Waals surface area contributed by atoms with Gasteiger partial charge in [0.1, 0.15) is 0 Å². The van der Waals surface area contributed by atoms with Crippen LogP contribution in [0.1, 0.15) is 30.5 Å². The molecule has 1 saturated heterocycles. The molecule has 0 aliphatic carbocycles. The third kappa shape index (κ3) is 9.11. The number of aryl methyl sites for hydroxylation is 3. The predicted molar refractivity (Wildman–Crippen MR) is 205 cm³/mol. The second-order valence-corrected chi connectivity index (χ2v) is 36.3. The van der Waals surface area contributed by atoms with Crippen molar-refractivity contribution in [2.75, 3.05) is 5.75 Å². The average Bonchev–Trinajstić information content (AvgIpc) is 2.96. The maximum Gasteiger partial charge on any atom is 0.331 e. The van der Waals surface area contributed by atoms with Gasteiger partial charge in [-0.3, -0.25) is 0 Å². The number of hydrogen-bond donors (Lipinski definition) is 0. The molecule has 4 rings (SSSR count). The summed E-state index contributed by atoms with van der Waals surface area (Å²) in [4.78, 5) is -0.626. The fourth-order valence-electron chi connectivity index (χ4n) is 5.33. The molecule has 0 amide bonds. The van der Waals surface area contributed by atoms with E-state index in [0.717, 1.165) is 32.4 Å². The van der Waals surface area contributed by atoms with Crippen LogP contribution in [0.3, 0.4) is 0 Å². The molecule has 48 heavy (non-hydrogen) atoms. The molecule has 0 aromatic heterocycles. The van der Waals surface area contributed by atoms with Gasteiger partial charge in [0.15, 0.2) is 0 Å². The normalized spacial score (nSPS) is 25.0. The van der Waals surface area contributed by atoms with Crippen LogP contribution < -0.4 is 0 Å². The van der Waals surface area contributed by atoms with Gasteiger partial charge in [0.2, 0.25) is 26.6 Å². The van der Waals surface area contributed by atoms with E-state index < -0.39 is 62.0 Å². The summed E-state index contributed by atoms with van der Waals surface area (Å²) in [6, 6.07) is 20.6. The maximum atomic E-state index is 13.6. The molecule has 1 aliphatic heterocycles. The minimum atomic E-state index is -3.82. The average molecular weight is 823 g/mol. The van der Waals surface area contributed by atoms with Crippen LogP contribution in [0, 0.1) is 20.8 Å². The number of rotatable bonds is 13. The lowest BCUT2D eigenvalue weighted by Crippen LogP contribution is -2.73. The molecule has 0 spiro atoms. The monoisotopic (exact) mass is 822 g/mol. The molecule has 0 N–H and O–H groups in total. The van der Waals surface area contributed by atoms with Crippen molar-refractivity contribution in [2.45, 2.75) is 84.7 Å². The first-order valence-electron chi connectivity index (χ1n) is 15.2. The minimum Gasteiger partial charge on any atom is -0.415 e. The first-order chi connectivity index (χ1) is 22.1. The van der Waals surface area contributed by atoms with E-state index in [4.69, 9.17) is 12.3 Å². The summed E-state index contributed by atoms with van der Waals surface area (Å²) in [6.07, 6.45) is 0. The zero-order chi connectivity index (χ0) is 35.8. The Bertz CT molecular complexity index is 1880. The van der Waals surface area contributed by atoms with Gasteiger partial charge in [0.05, 0.1) is 24.4 Å². The van der Waals surface area contributed by atoms with Gasteiger partial charge in [-0.1, -0.05) is 68.4 Å². The zero-order valence-electron chi connectivity index (χ0n) is 28.1. The van der Waals surface area contributed by atoms with Gasteiger partial charge in [0.25, 0.3) is 0 Å². The molecular formula is C30H42O9S6Si3. The topological polar surface area (TPSA) is 130 Å². The van der Waals surface area contributed by atoms with E-state index in [2.05, 4.69) is 0 Å². The SMILES string of the molecule is Cc1ccccc1S(=O)(=O)SCC[Si]1(C)O[Si](C)(C(C)SS(=O)(=O)c2ccccc2C)O[Si](C)(C(C)SS(=O)(=O)c2ccccc2C)O1. The molecule has 0 bridgehead atoms. The Morgan fingerprint density at radius 1 is 0.562 bits per heavy atom. The van der Waals surface area contributed by atoms with Gasteiger partial charge >= 0.3 is 25.7 Å². The van der Waals surface area contributed by atoms with E-state index in [-0.39, 0.29) is 26.5 Å². The van der Waals surface area contributed by atoms with E-state index >= 15 is 0 Å². The highest BCUT2D eigenvalue weighted by atomic mass is 33.1. The van der Waals surface area contributed by atoms with Crippen molar-refractivity contribution in [3.8, 4) is 0 Å². The van der Waals surface area contributed by atoms with Crippen molar-refractivity contribution in [1.29, 1.82) is 0 Å². The summed E-state index contributed by atoms with van der Waals surface area (Å²) in [6.45, 7) is 14.2. The van der Waals surface area contributed by atoms with Gasteiger partial charge in [-0.15, -0.1) is 0 Å². The summed E-state index contributed by atoms with van der Waals surface area (Å²) in [7, 11) is -19.1. The second kappa shape index (κ2) is 15.0. The molecule has 0 saturated carbocycles. The highest BCUT2D eigenvalue weighted by molar-refractivity contribution is 8.73. The Morgan fingerprint density at radius 2 is 0.896 bits per heavy atom. The van der Waals surface area contributed by atoms with Gasteiger partial charge < -0.3 is 12.3 Å². The molecule has 4 atom stereocenters. The summed E-state index contributed by atoms with van der Waals surface area (Å²) < 4.78 is 101. The van der Waals surface area contributed by atoms with Crippen LogP contribution in [0.4, 0.5) is 0 Å². The number of benzene rings is 3. The minimum absolute atomic E-state index is 0.167. The Labute approximate surface area is 300 Å². The van der Waals surface area contributed by atoms with Crippen LogP contribution in [0.15, 0.2) is 87.5 Å². The summed E-state index contributed by atoms with van der Waals surface area (Å²) in [5, 5.41) is 0. The highest BCUT2D eigenvalue weighted by Gasteiger charge is 2.62. The number of hydrogen-bond acceptors (Lipinski definition) is 12. The van der Waals surface area contributed by atoms with Gasteiger partial charge in [-0.2, -0.15) is 0 Å². The predicted octanol–water partition coefficient (Wildman–Crippen LogP) is 7.41. The van der Waals surface area contributed by atoms with Crippen molar-refractivity contribution in [1.82, 2.24) is 0 Å². The van der Waals surface area contributed by atoms with Crippen LogP contribution in [0.25, 0.3) is 0 Å². The zero-order valence-corrected chi connectivity index (χ0v) is 36.0. The molecule has 4 unspecified atom stereocenters. The summed E-state index contributed by atoms with van der Waals surface area (Å²) in [5.41, 5.74) is 1.89. The van der Waals surface area contributed by atoms with Crippen molar-refractivity contribution in [3.63, 3.8) is 0 Å². The van der Waals surface area contributed by atoms with Crippen molar-refractivity contribution < 1.29 is 37.6 Å². The Hall–Kier alpha value is -0.909. The lowest BCUT2D eigenvalue weighted by atomic mass is 10.2. The Morgan fingerprint density at radius 3 is 1.25 bits per heavy atom. The first kappa shape index (κ1) is 39.9. The van der Waals surface area contributed by atoms with Crippen molar-refractivity contribution >= 4 is 84.7 Å². The lowest BCUT2D eigenvalue weighted by Gasteiger charge is -2.53. The fourth-order valence-corrected chi connectivity index (χ4v) is 40.7. The van der Waals surface area contributed by atoms with Crippen molar-refractivity contribution in [3.05, 3.63) is 89.5 Å². The molecular weight excluding hydrogens is 781 g/mol. The molecule has 1 heterocycles. The van der Waals surface area contributed by atoms with Crippen LogP contribution in [-0.4, -0.2) is 66.4 Å². The van der Waals surface area contributed by atoms with E-state index in [1.54, 1.807) is 107 Å². The van der Waals surface area contributed by atoms with Crippen LogP contribution >= 0.6 is 32.4 Å². The van der Waals surface area contributed by atoms with E-state index in [1.165, 1.54) is 0 Å². The Kier molecular flexibility index (Phi) is 12.4. The molecule has 1 aliphatic rings. The van der Waals surface area contributed by atoms with E-state index in [0.29, 0.717) is 16.7 Å². The third-order valence-corrected chi connectivity index (χ3v) is 37.9. The van der Waals surface area contributed by atoms with Gasteiger partial charge in [-0.05, 0) is 114 Å². The van der Waals surface area contributed by atoms with Gasteiger partial charge in [0, 0.05) is 5.75 Å². The Balaban J connectivity index is 1.66. The first-order valence-corrected chi connectivity index (χ1v) is 31.2. The second-order valence-electron chi connectivity index (χ2n) is 12.2. The molecule has 0 radical (unpaired) electrons. The third-order valence-electron chi connectivity index (χ3n) is 8.14. The summed E-state index contributed by atoms with van der Waals surface area (Å²) in [5.74, 6) is 0.167. The maximum absolute atomic E-state index is 13.6. The fraction of sp³-hybridized carbons (Fsp3) is 0.400. The lowest BCUT2D eigenvalue weighted by molar-refractivity contribution is 0.222. The summed E-state index contributed by atoms with van der Waals surface area (Å²) >= 11 is 0. The molecule has 264 valence electrons. The largest absolute Gasteiger partial charge is 0.415 e. The molecule has 9 nitrogen and oxygen atoms in total. The van der Waals surface area contributed by atoms with E-state index in [1.807, 2.05) is 19.6 Å². The standard InChI is InChI=1S/C30H42O9S6Si3/c1-23-15-9-12-18-28(23)43(31,32)40-21-22-46(6)37-47(7,26(4)41-44(33,34)29-19-13-10-16-24(29)2)39-48(8,38-46)27(5)42-45(35,36)30-20-14-11-17-25(30)3/h9-20,26-27H,21-22H2,1-8H3.